The molecule has 0 aromatic rings. The van der Waals surface area contributed by atoms with Gasteiger partial charge < -0.3 is 15.2 Å². The summed E-state index contributed by atoms with van der Waals surface area (Å²) in [7, 11) is 0. The van der Waals surface area contributed by atoms with Crippen LogP contribution in [0.4, 0.5) is 0 Å². The molecule has 2 N–H and O–H groups in total. The van der Waals surface area contributed by atoms with Crippen LogP contribution in [0.1, 0.15) is 201 Å². The molecule has 4 heteroatoms. The van der Waals surface area contributed by atoms with Crippen LogP contribution in [0.5, 0.6) is 0 Å². The Hall–Kier alpha value is -0.610. The van der Waals surface area contributed by atoms with Crippen LogP contribution >= 0.6 is 0 Å². The van der Waals surface area contributed by atoms with E-state index in [9.17, 15) is 9.90 Å². The maximum atomic E-state index is 11.5. The number of piperidine rings is 1. The molecule has 0 spiro atoms. The summed E-state index contributed by atoms with van der Waals surface area (Å²) in [5, 5.41) is 13.3. The van der Waals surface area contributed by atoms with Gasteiger partial charge in [-0.15, -0.1) is 0 Å². The van der Waals surface area contributed by atoms with Gasteiger partial charge >= 0.3 is 5.97 Å². The molecule has 0 aromatic heterocycles. The van der Waals surface area contributed by atoms with Crippen LogP contribution in [0.15, 0.2) is 0 Å². The molecule has 4 nitrogen and oxygen atoms in total. The smallest absolute Gasteiger partial charge is 0.332 e. The predicted octanol–water partition coefficient (Wildman–Crippen LogP) is 11.1. The molecule has 1 saturated carbocycles. The Morgan fingerprint density at radius 2 is 1.05 bits per heavy atom. The Balaban J connectivity index is 1.27. The number of ether oxygens (including phenoxy) is 1. The number of rotatable bonds is 24. The highest BCUT2D eigenvalue weighted by Gasteiger charge is 2.37. The number of carboxylic acid groups (broad SMARTS) is 1. The molecule has 41 heavy (non-hydrogen) atoms. The lowest BCUT2D eigenvalue weighted by Gasteiger charge is -2.46. The zero-order valence-electron chi connectivity index (χ0n) is 28.1. The predicted molar refractivity (Wildman–Crippen MR) is 176 cm³/mol. The molecule has 0 aromatic carbocycles. The van der Waals surface area contributed by atoms with Crippen molar-refractivity contribution in [1.29, 1.82) is 0 Å². The van der Waals surface area contributed by atoms with Crippen molar-refractivity contribution in [2.75, 3.05) is 0 Å². The fraction of sp³-hybridized carbons (Fsp3) is 0.973. The molecular weight excluding hydrogens is 506 g/mol. The summed E-state index contributed by atoms with van der Waals surface area (Å²) in [5.74, 6) is 0.139. The van der Waals surface area contributed by atoms with E-state index in [0.29, 0.717) is 17.5 Å². The third-order valence-corrected chi connectivity index (χ3v) is 9.79. The summed E-state index contributed by atoms with van der Waals surface area (Å²) < 4.78 is 5.92. The molecule has 1 heterocycles. The van der Waals surface area contributed by atoms with Crippen LogP contribution in [0, 0.1) is 5.92 Å². The minimum Gasteiger partial charge on any atom is -0.479 e. The van der Waals surface area contributed by atoms with E-state index in [1.54, 1.807) is 0 Å². The molecule has 0 amide bonds. The van der Waals surface area contributed by atoms with Crippen molar-refractivity contribution in [3.05, 3.63) is 0 Å². The minimum absolute atomic E-state index is 0.181. The zero-order chi connectivity index (χ0) is 29.8. The normalized spacial score (nSPS) is 20.3. The highest BCUT2D eigenvalue weighted by atomic mass is 16.5. The summed E-state index contributed by atoms with van der Waals surface area (Å²) in [5.41, 5.74) is 0.599. The number of nitrogens with one attached hydrogen (secondary N) is 1. The minimum atomic E-state index is -0.766. The largest absolute Gasteiger partial charge is 0.479 e. The van der Waals surface area contributed by atoms with Gasteiger partial charge in [0.25, 0.3) is 0 Å². The molecule has 2 rings (SSSR count). The van der Waals surface area contributed by atoms with Crippen LogP contribution in [-0.2, 0) is 9.53 Å². The molecule has 1 aliphatic heterocycles. The molecule has 1 aliphatic carbocycles. The summed E-state index contributed by atoms with van der Waals surface area (Å²) in [6.07, 6.45) is 34.7. The Morgan fingerprint density at radius 3 is 1.46 bits per heavy atom. The van der Waals surface area contributed by atoms with E-state index < -0.39 is 12.1 Å². The van der Waals surface area contributed by atoms with Gasteiger partial charge in [-0.3, -0.25) is 0 Å². The SMILES string of the molecule is CC1(C)CC(CCCCCCCCCCCCCCCCCCCCC(OC2CCCCC2)C(=O)O)CC(C)(C)N1. The second kappa shape index (κ2) is 21.2. The van der Waals surface area contributed by atoms with Crippen LogP contribution < -0.4 is 5.32 Å². The molecule has 1 atom stereocenters. The Kier molecular flexibility index (Phi) is 18.9. The van der Waals surface area contributed by atoms with E-state index in [2.05, 4.69) is 33.0 Å². The summed E-state index contributed by atoms with van der Waals surface area (Å²) in [6, 6.07) is 0. The molecular formula is C37H71NO3. The first-order valence-corrected chi connectivity index (χ1v) is 18.3. The fourth-order valence-electron chi connectivity index (χ4n) is 8.01. The Labute approximate surface area is 255 Å². The number of aliphatic carboxylic acids is 1. The summed E-state index contributed by atoms with van der Waals surface area (Å²) in [4.78, 5) is 11.5. The lowest BCUT2D eigenvalue weighted by Crippen LogP contribution is -2.57. The average Bonchev–Trinajstić information content (AvgIpc) is 2.90. The Bertz CT molecular complexity index is 639. The van der Waals surface area contributed by atoms with Crippen molar-refractivity contribution in [3.63, 3.8) is 0 Å². The van der Waals surface area contributed by atoms with Gasteiger partial charge in [0.1, 0.15) is 0 Å². The van der Waals surface area contributed by atoms with Gasteiger partial charge in [-0.05, 0) is 65.7 Å². The Morgan fingerprint density at radius 1 is 0.659 bits per heavy atom. The number of carboxylic acids is 1. The maximum Gasteiger partial charge on any atom is 0.332 e. The molecule has 1 unspecified atom stereocenters. The van der Waals surface area contributed by atoms with Gasteiger partial charge in [0.15, 0.2) is 6.10 Å². The first-order valence-electron chi connectivity index (χ1n) is 18.3. The van der Waals surface area contributed by atoms with Gasteiger partial charge in [-0.2, -0.15) is 0 Å². The van der Waals surface area contributed by atoms with Crippen LogP contribution in [0.3, 0.4) is 0 Å². The standard InChI is InChI=1S/C37H71NO3/c1-36(2)30-32(31-37(3,4)38-36)26-22-19-17-15-13-11-9-7-5-6-8-10-12-14-16-18-20-25-29-34(35(39)40)41-33-27-23-21-24-28-33/h32-34,38H,5-31H2,1-4H3,(H,39,40). The molecule has 242 valence electrons. The van der Waals surface area contributed by atoms with Crippen molar-refractivity contribution in [2.24, 2.45) is 5.92 Å². The molecule has 0 bridgehead atoms. The lowest BCUT2D eigenvalue weighted by molar-refractivity contribution is -0.156. The van der Waals surface area contributed by atoms with Crippen molar-refractivity contribution in [3.8, 4) is 0 Å². The van der Waals surface area contributed by atoms with E-state index in [0.717, 1.165) is 31.6 Å². The number of hydrogen-bond donors (Lipinski definition) is 2. The third-order valence-electron chi connectivity index (χ3n) is 9.79. The van der Waals surface area contributed by atoms with E-state index in [-0.39, 0.29) is 6.10 Å². The highest BCUT2D eigenvalue weighted by molar-refractivity contribution is 5.72. The van der Waals surface area contributed by atoms with E-state index >= 15 is 0 Å². The topological polar surface area (TPSA) is 58.6 Å². The second-order valence-electron chi connectivity index (χ2n) is 15.3. The number of carbonyl (C=O) groups is 1. The number of hydrogen-bond acceptors (Lipinski definition) is 3. The third kappa shape index (κ3) is 18.6. The first kappa shape index (κ1) is 36.6. The second-order valence-corrected chi connectivity index (χ2v) is 15.3. The monoisotopic (exact) mass is 578 g/mol. The van der Waals surface area contributed by atoms with Gasteiger partial charge in [0, 0.05) is 11.1 Å². The zero-order valence-corrected chi connectivity index (χ0v) is 28.1. The lowest BCUT2D eigenvalue weighted by atomic mass is 9.74. The van der Waals surface area contributed by atoms with Crippen molar-refractivity contribution in [2.45, 2.75) is 224 Å². The van der Waals surface area contributed by atoms with E-state index in [1.165, 1.54) is 141 Å². The van der Waals surface area contributed by atoms with Crippen LogP contribution in [0.2, 0.25) is 0 Å². The quantitative estimate of drug-likeness (QED) is 0.112. The van der Waals surface area contributed by atoms with Gasteiger partial charge in [0.2, 0.25) is 0 Å². The van der Waals surface area contributed by atoms with E-state index in [1.807, 2.05) is 0 Å². The van der Waals surface area contributed by atoms with Gasteiger partial charge in [-0.1, -0.05) is 141 Å². The number of unbranched alkanes of at least 4 members (excludes halogenated alkanes) is 17. The van der Waals surface area contributed by atoms with Crippen molar-refractivity contribution < 1.29 is 14.6 Å². The molecule has 2 aliphatic rings. The van der Waals surface area contributed by atoms with Crippen LogP contribution in [-0.4, -0.2) is 34.4 Å². The van der Waals surface area contributed by atoms with Gasteiger partial charge in [0.05, 0.1) is 6.10 Å². The van der Waals surface area contributed by atoms with Crippen molar-refractivity contribution in [1.82, 2.24) is 5.32 Å². The summed E-state index contributed by atoms with van der Waals surface area (Å²) >= 11 is 0. The molecule has 0 radical (unpaired) electrons. The summed E-state index contributed by atoms with van der Waals surface area (Å²) in [6.45, 7) is 9.51. The van der Waals surface area contributed by atoms with Crippen molar-refractivity contribution >= 4 is 5.97 Å². The fourth-order valence-corrected chi connectivity index (χ4v) is 8.01. The van der Waals surface area contributed by atoms with Gasteiger partial charge in [-0.25, -0.2) is 4.79 Å². The van der Waals surface area contributed by atoms with E-state index in [4.69, 9.17) is 4.74 Å². The first-order chi connectivity index (χ1) is 19.7. The van der Waals surface area contributed by atoms with Crippen LogP contribution in [0.25, 0.3) is 0 Å². The molecule has 1 saturated heterocycles. The molecule has 2 fully saturated rings. The average molecular weight is 578 g/mol. The maximum absolute atomic E-state index is 11.5. The highest BCUT2D eigenvalue weighted by Crippen LogP contribution is 2.35.